The SMILES string of the molecule is COC(=O)c1ccc(N[C@@H]2[C@H]3CCO[C@H]3C2(C)C)nc1OC. The van der Waals surface area contributed by atoms with Crippen LogP contribution in [0, 0.1) is 11.3 Å². The Kier molecular flexibility index (Phi) is 3.72. The van der Waals surface area contributed by atoms with E-state index in [1.165, 1.54) is 14.2 Å². The van der Waals surface area contributed by atoms with Crippen molar-refractivity contribution in [3.8, 4) is 5.88 Å². The Morgan fingerprint density at radius 1 is 1.41 bits per heavy atom. The van der Waals surface area contributed by atoms with Gasteiger partial charge in [0.25, 0.3) is 0 Å². The number of methoxy groups -OCH3 is 2. The van der Waals surface area contributed by atoms with E-state index in [4.69, 9.17) is 14.2 Å². The molecule has 0 unspecified atom stereocenters. The number of nitrogens with one attached hydrogen (secondary N) is 1. The number of carbonyl (C=O) groups is 1. The van der Waals surface area contributed by atoms with Crippen molar-refractivity contribution < 1.29 is 19.0 Å². The Morgan fingerprint density at radius 3 is 2.86 bits per heavy atom. The molecule has 0 aromatic carbocycles. The average molecular weight is 306 g/mol. The van der Waals surface area contributed by atoms with Crippen LogP contribution in [-0.2, 0) is 9.47 Å². The quantitative estimate of drug-likeness (QED) is 0.859. The first-order chi connectivity index (χ1) is 10.5. The molecule has 1 saturated heterocycles. The number of nitrogens with zero attached hydrogens (tertiary/aromatic N) is 1. The zero-order valence-corrected chi connectivity index (χ0v) is 13.4. The van der Waals surface area contributed by atoms with Gasteiger partial charge in [-0.3, -0.25) is 0 Å². The molecule has 1 aliphatic heterocycles. The summed E-state index contributed by atoms with van der Waals surface area (Å²) < 4.78 is 15.7. The van der Waals surface area contributed by atoms with Gasteiger partial charge in [0.05, 0.1) is 20.3 Å². The highest BCUT2D eigenvalue weighted by molar-refractivity contribution is 5.92. The lowest BCUT2D eigenvalue weighted by molar-refractivity contribution is -0.0924. The Morgan fingerprint density at radius 2 is 2.18 bits per heavy atom. The van der Waals surface area contributed by atoms with Crippen molar-refractivity contribution in [2.24, 2.45) is 11.3 Å². The number of anilines is 1. The van der Waals surface area contributed by atoms with Crippen molar-refractivity contribution in [1.29, 1.82) is 0 Å². The molecule has 120 valence electrons. The summed E-state index contributed by atoms with van der Waals surface area (Å²) in [6.45, 7) is 5.24. The van der Waals surface area contributed by atoms with E-state index < -0.39 is 5.97 Å². The summed E-state index contributed by atoms with van der Waals surface area (Å²) in [7, 11) is 2.83. The smallest absolute Gasteiger partial charge is 0.343 e. The molecule has 3 atom stereocenters. The number of carbonyl (C=O) groups excluding carboxylic acids is 1. The molecule has 1 N–H and O–H groups in total. The van der Waals surface area contributed by atoms with Gasteiger partial charge in [-0.2, -0.15) is 4.98 Å². The first-order valence-corrected chi connectivity index (χ1v) is 7.50. The van der Waals surface area contributed by atoms with Crippen molar-refractivity contribution >= 4 is 11.8 Å². The minimum absolute atomic E-state index is 0.0666. The van der Waals surface area contributed by atoms with Crippen LogP contribution in [-0.4, -0.2) is 43.9 Å². The zero-order valence-electron chi connectivity index (χ0n) is 13.4. The fourth-order valence-corrected chi connectivity index (χ4v) is 3.72. The molecule has 3 rings (SSSR count). The predicted octanol–water partition coefficient (Wildman–Crippen LogP) is 2.10. The third-order valence-corrected chi connectivity index (χ3v) is 4.86. The van der Waals surface area contributed by atoms with Gasteiger partial charge in [-0.05, 0) is 18.6 Å². The Hall–Kier alpha value is -1.82. The number of fused-ring (bicyclic) bond motifs is 1. The lowest BCUT2D eigenvalue weighted by Gasteiger charge is -2.54. The molecule has 6 nitrogen and oxygen atoms in total. The molecule has 6 heteroatoms. The van der Waals surface area contributed by atoms with Crippen LogP contribution in [0.3, 0.4) is 0 Å². The van der Waals surface area contributed by atoms with Crippen molar-refractivity contribution in [3.05, 3.63) is 17.7 Å². The van der Waals surface area contributed by atoms with Gasteiger partial charge in [0.1, 0.15) is 11.4 Å². The Balaban J connectivity index is 1.80. The lowest BCUT2D eigenvalue weighted by atomic mass is 9.57. The standard InChI is InChI=1S/C16H22N2O4/c1-16(2)12(9-7-8-22-13(9)16)17-11-6-5-10(15(19)21-4)14(18-11)20-3/h5-6,9,12-13H,7-8H2,1-4H3,(H,17,18)/t9-,12-,13-/m1/s1. The molecule has 1 aromatic heterocycles. The molecule has 2 fully saturated rings. The highest BCUT2D eigenvalue weighted by atomic mass is 16.5. The molecule has 1 aliphatic carbocycles. The third kappa shape index (κ3) is 2.22. The molecular weight excluding hydrogens is 284 g/mol. The van der Waals surface area contributed by atoms with Crippen LogP contribution >= 0.6 is 0 Å². The van der Waals surface area contributed by atoms with Gasteiger partial charge in [0, 0.05) is 24.0 Å². The lowest BCUT2D eigenvalue weighted by Crippen LogP contribution is -2.63. The van der Waals surface area contributed by atoms with E-state index in [-0.39, 0.29) is 11.3 Å². The molecule has 0 spiro atoms. The summed E-state index contributed by atoms with van der Waals surface area (Å²) in [5.41, 5.74) is 0.391. The Bertz CT molecular complexity index is 588. The number of hydrogen-bond acceptors (Lipinski definition) is 6. The zero-order chi connectivity index (χ0) is 15.9. The molecule has 22 heavy (non-hydrogen) atoms. The van der Waals surface area contributed by atoms with E-state index in [9.17, 15) is 4.79 Å². The summed E-state index contributed by atoms with van der Waals surface area (Å²) in [5, 5.41) is 3.48. The van der Waals surface area contributed by atoms with Crippen LogP contribution in [0.1, 0.15) is 30.6 Å². The van der Waals surface area contributed by atoms with Gasteiger partial charge >= 0.3 is 5.97 Å². The normalized spacial score (nSPS) is 28.5. The first kappa shape index (κ1) is 15.1. The number of pyridine rings is 1. The number of aromatic nitrogens is 1. The van der Waals surface area contributed by atoms with Crippen molar-refractivity contribution in [2.75, 3.05) is 26.1 Å². The van der Waals surface area contributed by atoms with E-state index in [1.807, 2.05) is 0 Å². The van der Waals surface area contributed by atoms with Crippen molar-refractivity contribution in [1.82, 2.24) is 4.98 Å². The van der Waals surface area contributed by atoms with Gasteiger partial charge in [-0.15, -0.1) is 0 Å². The third-order valence-electron chi connectivity index (χ3n) is 4.86. The maximum atomic E-state index is 11.7. The van der Waals surface area contributed by atoms with Crippen LogP contribution in [0.4, 0.5) is 5.82 Å². The van der Waals surface area contributed by atoms with Gasteiger partial charge in [0.15, 0.2) is 0 Å². The van der Waals surface area contributed by atoms with Crippen molar-refractivity contribution in [3.63, 3.8) is 0 Å². The van der Waals surface area contributed by atoms with E-state index in [1.54, 1.807) is 12.1 Å². The second-order valence-corrected chi connectivity index (χ2v) is 6.43. The maximum Gasteiger partial charge on any atom is 0.343 e. The summed E-state index contributed by atoms with van der Waals surface area (Å²) in [5.74, 6) is 1.04. The average Bonchev–Trinajstić information content (AvgIpc) is 2.98. The highest BCUT2D eigenvalue weighted by Gasteiger charge is 2.59. The molecule has 2 aliphatic rings. The number of ether oxygens (including phenoxy) is 3. The fraction of sp³-hybridized carbons (Fsp3) is 0.625. The Labute approximate surface area is 130 Å². The van der Waals surface area contributed by atoms with E-state index in [0.29, 0.717) is 29.4 Å². The highest BCUT2D eigenvalue weighted by Crippen LogP contribution is 2.53. The number of esters is 1. The second-order valence-electron chi connectivity index (χ2n) is 6.43. The molecule has 0 radical (unpaired) electrons. The monoisotopic (exact) mass is 306 g/mol. The van der Waals surface area contributed by atoms with Crippen LogP contribution < -0.4 is 10.1 Å². The van der Waals surface area contributed by atoms with Gasteiger partial charge < -0.3 is 19.5 Å². The van der Waals surface area contributed by atoms with Crippen LogP contribution in [0.25, 0.3) is 0 Å². The van der Waals surface area contributed by atoms with Gasteiger partial charge in [-0.1, -0.05) is 13.8 Å². The minimum Gasteiger partial charge on any atom is -0.480 e. The van der Waals surface area contributed by atoms with E-state index in [0.717, 1.165) is 13.0 Å². The molecule has 0 bridgehead atoms. The van der Waals surface area contributed by atoms with E-state index >= 15 is 0 Å². The number of hydrogen-bond donors (Lipinski definition) is 1. The largest absolute Gasteiger partial charge is 0.480 e. The summed E-state index contributed by atoms with van der Waals surface area (Å²) in [4.78, 5) is 16.1. The van der Waals surface area contributed by atoms with Crippen LogP contribution in [0.2, 0.25) is 0 Å². The maximum absolute atomic E-state index is 11.7. The molecule has 1 aromatic rings. The summed E-state index contributed by atoms with van der Waals surface area (Å²) >= 11 is 0. The van der Waals surface area contributed by atoms with Gasteiger partial charge in [-0.25, -0.2) is 4.79 Å². The van der Waals surface area contributed by atoms with Gasteiger partial charge in [0.2, 0.25) is 5.88 Å². The van der Waals surface area contributed by atoms with Crippen LogP contribution in [0.15, 0.2) is 12.1 Å². The molecule has 1 saturated carbocycles. The second kappa shape index (κ2) is 5.43. The molecule has 2 heterocycles. The first-order valence-electron chi connectivity index (χ1n) is 7.50. The topological polar surface area (TPSA) is 69.7 Å². The molecular formula is C16H22N2O4. The number of rotatable bonds is 4. The molecule has 0 amide bonds. The fourth-order valence-electron chi connectivity index (χ4n) is 3.72. The predicted molar refractivity (Wildman–Crippen MR) is 81.2 cm³/mol. The summed E-state index contributed by atoms with van der Waals surface area (Å²) in [6, 6.07) is 3.77. The van der Waals surface area contributed by atoms with Crippen molar-refractivity contribution in [2.45, 2.75) is 32.4 Å². The summed E-state index contributed by atoms with van der Waals surface area (Å²) in [6.07, 6.45) is 1.39. The van der Waals surface area contributed by atoms with E-state index in [2.05, 4.69) is 24.1 Å². The van der Waals surface area contributed by atoms with Crippen LogP contribution in [0.5, 0.6) is 5.88 Å². The minimum atomic E-state index is -0.455.